The molecule has 238 valence electrons. The number of nitrogens with one attached hydrogen (secondary N) is 2. The number of carbonyl (C=O) groups excluding carboxylic acids is 2. The molecule has 0 radical (unpaired) electrons. The smallest absolute Gasteiger partial charge is 0.222 e. The third-order valence-electron chi connectivity index (χ3n) is 7.35. The predicted molar refractivity (Wildman–Crippen MR) is 173 cm³/mol. The Balaban J connectivity index is 1.26. The van der Waals surface area contributed by atoms with Gasteiger partial charge < -0.3 is 25.8 Å². The van der Waals surface area contributed by atoms with Crippen LogP contribution < -0.4 is 16.4 Å². The molecule has 0 saturated carbocycles. The van der Waals surface area contributed by atoms with Crippen molar-refractivity contribution in [2.75, 3.05) is 46.1 Å². The maximum Gasteiger partial charge on any atom is 0.222 e. The van der Waals surface area contributed by atoms with Gasteiger partial charge in [0.1, 0.15) is 16.9 Å². The number of unbranched alkanes of at least 4 members (excludes halogenated alkanes) is 2. The van der Waals surface area contributed by atoms with Crippen LogP contribution in [-0.2, 0) is 19.1 Å². The normalized spacial score (nSPS) is 14.0. The van der Waals surface area contributed by atoms with Crippen molar-refractivity contribution < 1.29 is 19.1 Å². The number of aryl methyl sites for hydroxylation is 2. The topological polar surface area (TPSA) is 146 Å². The summed E-state index contributed by atoms with van der Waals surface area (Å²) in [5.41, 5.74) is 9.37. The van der Waals surface area contributed by atoms with Gasteiger partial charge in [0.2, 0.25) is 11.8 Å². The highest BCUT2D eigenvalue weighted by Crippen LogP contribution is 2.39. The number of hydrogen-bond acceptors (Lipinski definition) is 9. The molecule has 1 aromatic carbocycles. The van der Waals surface area contributed by atoms with Crippen LogP contribution in [0.1, 0.15) is 71.4 Å². The fraction of sp³-hybridized carbons (Fsp3) is 0.516. The zero-order valence-electron chi connectivity index (χ0n) is 25.7. The molecule has 0 unspecified atom stereocenters. The van der Waals surface area contributed by atoms with Crippen molar-refractivity contribution in [3.63, 3.8) is 0 Å². The van der Waals surface area contributed by atoms with Crippen LogP contribution in [-0.4, -0.2) is 78.4 Å². The van der Waals surface area contributed by atoms with Gasteiger partial charge in [-0.25, -0.2) is 0 Å². The van der Waals surface area contributed by atoms with Crippen molar-refractivity contribution >= 4 is 40.5 Å². The van der Waals surface area contributed by atoms with Gasteiger partial charge in [0.05, 0.1) is 38.6 Å². The Morgan fingerprint density at radius 1 is 0.955 bits per heavy atom. The number of hydrogen-bond donors (Lipinski definition) is 3. The zero-order valence-corrected chi connectivity index (χ0v) is 27.2. The fourth-order valence-corrected chi connectivity index (χ4v) is 6.26. The van der Waals surface area contributed by atoms with Crippen LogP contribution in [0.25, 0.3) is 5.00 Å². The van der Waals surface area contributed by atoms with Crippen LogP contribution >= 0.6 is 22.9 Å². The number of nitrogens with two attached hydrogens (primary N) is 1. The van der Waals surface area contributed by atoms with E-state index in [0.29, 0.717) is 63.3 Å². The third-order valence-corrected chi connectivity index (χ3v) is 8.80. The summed E-state index contributed by atoms with van der Waals surface area (Å²) in [6.45, 7) is 9.16. The number of ether oxygens (including phenoxy) is 2. The van der Waals surface area contributed by atoms with E-state index in [9.17, 15) is 9.59 Å². The molecule has 44 heavy (non-hydrogen) atoms. The van der Waals surface area contributed by atoms with Crippen molar-refractivity contribution in [1.29, 1.82) is 0 Å². The Bertz CT molecular complexity index is 1440. The van der Waals surface area contributed by atoms with Gasteiger partial charge in [0.25, 0.3) is 0 Å². The Morgan fingerprint density at radius 3 is 2.32 bits per heavy atom. The molecule has 1 atom stereocenters. The summed E-state index contributed by atoms with van der Waals surface area (Å²) in [4.78, 5) is 31.1. The molecule has 2 amide bonds. The highest BCUT2D eigenvalue weighted by Gasteiger charge is 2.32. The summed E-state index contributed by atoms with van der Waals surface area (Å²) in [6.07, 6.45) is 3.39. The van der Waals surface area contributed by atoms with E-state index in [1.807, 2.05) is 35.8 Å². The molecule has 1 aliphatic rings. The molecule has 0 fully saturated rings. The maximum absolute atomic E-state index is 13.0. The van der Waals surface area contributed by atoms with E-state index in [2.05, 4.69) is 34.7 Å². The molecule has 0 saturated heterocycles. The van der Waals surface area contributed by atoms with E-state index in [4.69, 9.17) is 31.8 Å². The second-order valence-corrected chi connectivity index (χ2v) is 12.3. The zero-order chi connectivity index (χ0) is 31.5. The molecule has 3 aromatic rings. The highest BCUT2D eigenvalue weighted by atomic mass is 35.5. The van der Waals surface area contributed by atoms with E-state index >= 15 is 0 Å². The quantitative estimate of drug-likeness (QED) is 0.189. The van der Waals surface area contributed by atoms with Crippen molar-refractivity contribution in [2.45, 2.75) is 58.9 Å². The fourth-order valence-electron chi connectivity index (χ4n) is 4.92. The van der Waals surface area contributed by atoms with Crippen LogP contribution in [0.3, 0.4) is 0 Å². The number of carbonyl (C=O) groups is 2. The minimum atomic E-state index is -0.526. The van der Waals surface area contributed by atoms with Crippen molar-refractivity contribution in [1.82, 2.24) is 25.4 Å². The van der Waals surface area contributed by atoms with E-state index in [0.717, 1.165) is 52.5 Å². The summed E-state index contributed by atoms with van der Waals surface area (Å²) in [6, 6.07) is 7.08. The second kappa shape index (κ2) is 16.8. The van der Waals surface area contributed by atoms with Crippen LogP contribution in [0, 0.1) is 20.8 Å². The Kier molecular flexibility index (Phi) is 12.9. The number of rotatable bonds is 17. The SMILES string of the molecule is Cc1sc2c(c1C)C(c1ccc(Cl)cc1)=N[C@@H](CC(=O)NCCOCCOCCNC(=O)CCCCCN)c1nnc(C)n1-2. The number of amides is 2. The number of halogens is 1. The van der Waals surface area contributed by atoms with Crippen LogP contribution in [0.5, 0.6) is 0 Å². The van der Waals surface area contributed by atoms with Gasteiger partial charge in [-0.2, -0.15) is 0 Å². The Morgan fingerprint density at radius 2 is 1.64 bits per heavy atom. The average Bonchev–Trinajstić information content (AvgIpc) is 3.48. The average molecular weight is 644 g/mol. The first-order valence-corrected chi connectivity index (χ1v) is 16.2. The summed E-state index contributed by atoms with van der Waals surface area (Å²) in [7, 11) is 0. The minimum absolute atomic E-state index is 0.0324. The van der Waals surface area contributed by atoms with Gasteiger partial charge in [0.15, 0.2) is 5.82 Å². The first-order valence-electron chi connectivity index (χ1n) is 15.1. The second-order valence-electron chi connectivity index (χ2n) is 10.6. The van der Waals surface area contributed by atoms with Gasteiger partial charge in [-0.15, -0.1) is 21.5 Å². The van der Waals surface area contributed by atoms with Crippen LogP contribution in [0.15, 0.2) is 29.3 Å². The van der Waals surface area contributed by atoms with Gasteiger partial charge >= 0.3 is 0 Å². The molecule has 0 bridgehead atoms. The van der Waals surface area contributed by atoms with Gasteiger partial charge in [-0.05, 0) is 57.9 Å². The lowest BCUT2D eigenvalue weighted by Crippen LogP contribution is -2.29. The molecule has 11 nitrogen and oxygen atoms in total. The molecule has 1 aliphatic heterocycles. The Hall–Kier alpha value is -3.16. The molecule has 0 spiro atoms. The van der Waals surface area contributed by atoms with Crippen molar-refractivity contribution in [3.8, 4) is 5.00 Å². The first-order chi connectivity index (χ1) is 21.3. The lowest BCUT2D eigenvalue weighted by Gasteiger charge is -2.13. The molecular weight excluding hydrogens is 602 g/mol. The van der Waals surface area contributed by atoms with Crippen LogP contribution in [0.4, 0.5) is 0 Å². The summed E-state index contributed by atoms with van der Waals surface area (Å²) < 4.78 is 13.1. The largest absolute Gasteiger partial charge is 0.377 e. The molecule has 13 heteroatoms. The molecule has 4 N–H and O–H groups in total. The van der Waals surface area contributed by atoms with Crippen molar-refractivity contribution in [3.05, 3.63) is 62.5 Å². The van der Waals surface area contributed by atoms with E-state index in [1.165, 1.54) is 4.88 Å². The number of aliphatic imine (C=N–C) groups is 1. The summed E-state index contributed by atoms with van der Waals surface area (Å²) in [5, 5.41) is 16.2. The van der Waals surface area contributed by atoms with Crippen LogP contribution in [0.2, 0.25) is 5.02 Å². The lowest BCUT2D eigenvalue weighted by molar-refractivity contribution is -0.122. The first kappa shape index (κ1) is 33.7. The number of benzene rings is 1. The van der Waals surface area contributed by atoms with Crippen molar-refractivity contribution in [2.24, 2.45) is 10.7 Å². The van der Waals surface area contributed by atoms with E-state index in [1.54, 1.807) is 11.3 Å². The molecule has 3 heterocycles. The molecule has 4 rings (SSSR count). The van der Waals surface area contributed by atoms with E-state index in [-0.39, 0.29) is 18.2 Å². The number of thiophene rings is 1. The number of aromatic nitrogens is 3. The molecule has 2 aromatic heterocycles. The minimum Gasteiger partial charge on any atom is -0.377 e. The lowest BCUT2D eigenvalue weighted by atomic mass is 9.99. The number of nitrogens with zero attached hydrogens (tertiary/aromatic N) is 4. The monoisotopic (exact) mass is 643 g/mol. The number of fused-ring (bicyclic) bond motifs is 3. The summed E-state index contributed by atoms with van der Waals surface area (Å²) >= 11 is 7.86. The highest BCUT2D eigenvalue weighted by molar-refractivity contribution is 7.15. The molecular formula is C31H42ClN7O4S. The maximum atomic E-state index is 13.0. The predicted octanol–water partition coefficient (Wildman–Crippen LogP) is 3.97. The van der Waals surface area contributed by atoms with E-state index < -0.39 is 6.04 Å². The summed E-state index contributed by atoms with van der Waals surface area (Å²) in [5.74, 6) is 1.26. The Labute approximate surface area is 267 Å². The molecule has 0 aliphatic carbocycles. The van der Waals surface area contributed by atoms with Gasteiger partial charge in [-0.3, -0.25) is 19.1 Å². The third kappa shape index (κ3) is 8.95. The van der Waals surface area contributed by atoms with Gasteiger partial charge in [-0.1, -0.05) is 30.2 Å². The standard InChI is InChI=1S/C31H42ClN7O4S/c1-20-21(2)44-31-28(20)29(23-8-10-24(32)11-9-23)36-25(30-38-37-22(3)39(30)31)19-27(41)35-14-16-43-18-17-42-15-13-34-26(40)7-5-4-6-12-33/h8-11,25H,4-7,12-19,33H2,1-3H3,(H,34,40)(H,35,41)/t25-/m0/s1. The van der Waals surface area contributed by atoms with Gasteiger partial charge in [0, 0.05) is 40.5 Å².